The molecule has 2 aromatic rings. The molecule has 0 fully saturated rings. The average Bonchev–Trinajstić information content (AvgIpc) is 2.36. The molecule has 2 rings (SSSR count). The van der Waals surface area contributed by atoms with E-state index < -0.39 is 11.8 Å². The molecule has 0 atom stereocenters. The van der Waals surface area contributed by atoms with Crippen molar-refractivity contribution in [2.45, 2.75) is 0 Å². The van der Waals surface area contributed by atoms with Crippen LogP contribution in [0.15, 0.2) is 30.3 Å². The lowest BCUT2D eigenvalue weighted by atomic mass is 10.1. The molecule has 0 spiro atoms. The zero-order valence-electron chi connectivity index (χ0n) is 9.55. The third-order valence-corrected chi connectivity index (χ3v) is 2.42. The molecule has 1 N–H and O–H groups in total. The molecule has 18 heavy (non-hydrogen) atoms. The molecular formula is C13H10FNO3. The maximum absolute atomic E-state index is 13.7. The molecule has 0 bridgehead atoms. The molecule has 92 valence electrons. The second kappa shape index (κ2) is 4.83. The molecule has 0 aliphatic rings. The zero-order chi connectivity index (χ0) is 13.1. The Labute approximate surface area is 102 Å². The molecule has 0 aliphatic carbocycles. The second-order valence-corrected chi connectivity index (χ2v) is 3.56. The molecule has 5 heteroatoms. The summed E-state index contributed by atoms with van der Waals surface area (Å²) in [6.45, 7) is 0. The topological polar surface area (TPSA) is 59.4 Å². The van der Waals surface area contributed by atoms with Gasteiger partial charge in [0, 0.05) is 23.1 Å². The number of aliphatic carboxylic acids is 1. The van der Waals surface area contributed by atoms with Crippen LogP contribution in [-0.2, 0) is 4.79 Å². The number of nitrogens with zero attached hydrogens (tertiary/aromatic N) is 1. The molecule has 1 aromatic heterocycles. The Hall–Kier alpha value is -2.43. The fraction of sp³-hybridized carbons (Fsp3) is 0.0769. The summed E-state index contributed by atoms with van der Waals surface area (Å²) in [5.74, 6) is -1.33. The monoisotopic (exact) mass is 247 g/mol. The highest BCUT2D eigenvalue weighted by Crippen LogP contribution is 2.23. The van der Waals surface area contributed by atoms with E-state index in [4.69, 9.17) is 9.84 Å². The summed E-state index contributed by atoms with van der Waals surface area (Å²) in [5.41, 5.74) is 0.501. The molecule has 1 aromatic carbocycles. The van der Waals surface area contributed by atoms with Gasteiger partial charge in [0.1, 0.15) is 5.82 Å². The van der Waals surface area contributed by atoms with Crippen LogP contribution in [0, 0.1) is 5.82 Å². The van der Waals surface area contributed by atoms with Crippen LogP contribution in [0.2, 0.25) is 0 Å². The molecule has 0 saturated carbocycles. The highest BCUT2D eigenvalue weighted by molar-refractivity contribution is 5.92. The van der Waals surface area contributed by atoms with Gasteiger partial charge in [-0.25, -0.2) is 14.2 Å². The van der Waals surface area contributed by atoms with Gasteiger partial charge < -0.3 is 9.84 Å². The van der Waals surface area contributed by atoms with Crippen LogP contribution in [0.3, 0.4) is 0 Å². The molecular weight excluding hydrogens is 237 g/mol. The van der Waals surface area contributed by atoms with Crippen molar-refractivity contribution in [2.75, 3.05) is 7.11 Å². The van der Waals surface area contributed by atoms with Gasteiger partial charge in [-0.3, -0.25) is 0 Å². The minimum atomic E-state index is -1.14. The lowest BCUT2D eigenvalue weighted by Crippen LogP contribution is -1.93. The number of hydrogen-bond acceptors (Lipinski definition) is 3. The third-order valence-electron chi connectivity index (χ3n) is 2.42. The van der Waals surface area contributed by atoms with Gasteiger partial charge in [-0.2, -0.15) is 0 Å². The largest absolute Gasteiger partial charge is 0.481 e. The fourth-order valence-corrected chi connectivity index (χ4v) is 1.59. The number of benzene rings is 1. The normalized spacial score (nSPS) is 11.0. The summed E-state index contributed by atoms with van der Waals surface area (Å²) in [6, 6.07) is 6.25. The molecule has 0 aliphatic heterocycles. The Kier molecular flexibility index (Phi) is 3.23. The number of methoxy groups -OCH3 is 1. The highest BCUT2D eigenvalue weighted by Gasteiger charge is 2.08. The first-order chi connectivity index (χ1) is 8.61. The summed E-state index contributed by atoms with van der Waals surface area (Å²) < 4.78 is 18.6. The Morgan fingerprint density at radius 1 is 1.39 bits per heavy atom. The van der Waals surface area contributed by atoms with Crippen molar-refractivity contribution in [3.8, 4) is 5.88 Å². The van der Waals surface area contributed by atoms with Crippen LogP contribution in [-0.4, -0.2) is 23.2 Å². The summed E-state index contributed by atoms with van der Waals surface area (Å²) in [5, 5.41) is 9.29. The van der Waals surface area contributed by atoms with Gasteiger partial charge in [0.15, 0.2) is 0 Å². The number of fused-ring (bicyclic) bond motifs is 1. The number of carboxylic acid groups (broad SMARTS) is 1. The maximum Gasteiger partial charge on any atom is 0.328 e. The summed E-state index contributed by atoms with van der Waals surface area (Å²) in [7, 11) is 1.46. The average molecular weight is 247 g/mol. The lowest BCUT2D eigenvalue weighted by molar-refractivity contribution is -0.131. The van der Waals surface area contributed by atoms with Gasteiger partial charge in [0.25, 0.3) is 0 Å². The third kappa shape index (κ3) is 2.29. The standard InChI is InChI=1S/C13H10FNO3/c1-18-11-6-3-8-2-5-10(14)9(13(8)15-11)4-7-12(16)17/h2-7H,1H3,(H,16,17)/b7-4+. The smallest absolute Gasteiger partial charge is 0.328 e. The number of carboxylic acids is 1. The molecule has 0 unspecified atom stereocenters. The maximum atomic E-state index is 13.7. The number of ether oxygens (including phenoxy) is 1. The predicted octanol–water partition coefficient (Wildman–Crippen LogP) is 2.48. The number of halogens is 1. The minimum Gasteiger partial charge on any atom is -0.481 e. The summed E-state index contributed by atoms with van der Waals surface area (Å²) in [4.78, 5) is 14.6. The van der Waals surface area contributed by atoms with E-state index >= 15 is 0 Å². The van der Waals surface area contributed by atoms with Crippen LogP contribution in [0.25, 0.3) is 17.0 Å². The van der Waals surface area contributed by atoms with Gasteiger partial charge in [-0.1, -0.05) is 0 Å². The van der Waals surface area contributed by atoms with E-state index in [1.54, 1.807) is 18.2 Å². The molecule has 0 radical (unpaired) electrons. The first-order valence-electron chi connectivity index (χ1n) is 5.16. The van der Waals surface area contributed by atoms with E-state index in [0.29, 0.717) is 16.8 Å². The van der Waals surface area contributed by atoms with Crippen molar-refractivity contribution in [3.63, 3.8) is 0 Å². The van der Waals surface area contributed by atoms with Crippen LogP contribution < -0.4 is 4.74 Å². The summed E-state index contributed by atoms with van der Waals surface area (Å²) in [6.07, 6.45) is 2.06. The van der Waals surface area contributed by atoms with Crippen molar-refractivity contribution in [1.82, 2.24) is 4.98 Å². The number of aromatic nitrogens is 1. The first kappa shape index (κ1) is 12.0. The van der Waals surface area contributed by atoms with E-state index in [1.165, 1.54) is 19.3 Å². The lowest BCUT2D eigenvalue weighted by Gasteiger charge is -2.05. The summed E-state index contributed by atoms with van der Waals surface area (Å²) >= 11 is 0. The second-order valence-electron chi connectivity index (χ2n) is 3.56. The van der Waals surface area contributed by atoms with E-state index in [1.807, 2.05) is 0 Å². The Bertz CT molecular complexity index is 637. The predicted molar refractivity (Wildman–Crippen MR) is 64.9 cm³/mol. The number of carbonyl (C=O) groups is 1. The van der Waals surface area contributed by atoms with Crippen LogP contribution in [0.4, 0.5) is 4.39 Å². The first-order valence-corrected chi connectivity index (χ1v) is 5.16. The number of pyridine rings is 1. The van der Waals surface area contributed by atoms with Crippen LogP contribution in [0.1, 0.15) is 5.56 Å². The van der Waals surface area contributed by atoms with Crippen LogP contribution >= 0.6 is 0 Å². The van der Waals surface area contributed by atoms with E-state index in [0.717, 1.165) is 6.08 Å². The molecule has 0 amide bonds. The van der Waals surface area contributed by atoms with Gasteiger partial charge in [-0.15, -0.1) is 0 Å². The number of hydrogen-bond donors (Lipinski definition) is 1. The van der Waals surface area contributed by atoms with E-state index in [2.05, 4.69) is 4.98 Å². The molecule has 1 heterocycles. The van der Waals surface area contributed by atoms with Crippen molar-refractivity contribution in [1.29, 1.82) is 0 Å². The Morgan fingerprint density at radius 3 is 2.78 bits per heavy atom. The van der Waals surface area contributed by atoms with Gasteiger partial charge >= 0.3 is 5.97 Å². The number of rotatable bonds is 3. The van der Waals surface area contributed by atoms with Crippen molar-refractivity contribution in [2.24, 2.45) is 0 Å². The minimum absolute atomic E-state index is 0.133. The highest BCUT2D eigenvalue weighted by atomic mass is 19.1. The van der Waals surface area contributed by atoms with Crippen LogP contribution in [0.5, 0.6) is 5.88 Å². The zero-order valence-corrected chi connectivity index (χ0v) is 9.55. The van der Waals surface area contributed by atoms with Gasteiger partial charge in [0.2, 0.25) is 5.88 Å². The van der Waals surface area contributed by atoms with Crippen molar-refractivity contribution in [3.05, 3.63) is 41.7 Å². The van der Waals surface area contributed by atoms with E-state index in [9.17, 15) is 9.18 Å². The van der Waals surface area contributed by atoms with E-state index in [-0.39, 0.29) is 5.56 Å². The molecule has 4 nitrogen and oxygen atoms in total. The molecule has 0 saturated heterocycles. The van der Waals surface area contributed by atoms with Gasteiger partial charge in [-0.05, 0) is 24.3 Å². The van der Waals surface area contributed by atoms with Gasteiger partial charge in [0.05, 0.1) is 12.6 Å². The quantitative estimate of drug-likeness (QED) is 0.846. The Balaban J connectivity index is 2.67. The fourth-order valence-electron chi connectivity index (χ4n) is 1.59. The van der Waals surface area contributed by atoms with Crippen molar-refractivity contribution >= 4 is 22.9 Å². The Morgan fingerprint density at radius 2 is 2.11 bits per heavy atom. The van der Waals surface area contributed by atoms with Crippen molar-refractivity contribution < 1.29 is 19.0 Å². The SMILES string of the molecule is COc1ccc2ccc(F)c(/C=C/C(=O)O)c2n1.